The number of nitrogens with one attached hydrogen (secondary N) is 1. The van der Waals surface area contributed by atoms with Gasteiger partial charge < -0.3 is 5.32 Å². The van der Waals surface area contributed by atoms with E-state index in [2.05, 4.69) is 5.32 Å². The molecule has 15 heavy (non-hydrogen) atoms. The number of alkyl halides is 3. The lowest BCUT2D eigenvalue weighted by Crippen LogP contribution is -2.37. The molecule has 0 spiro atoms. The fourth-order valence-corrected chi connectivity index (χ4v) is 2.04. The molecule has 2 nitrogen and oxygen atoms in total. The molecule has 1 aliphatic carbocycles. The summed E-state index contributed by atoms with van der Waals surface area (Å²) in [4.78, 5) is 11.4. The molecular weight excluding hydrogens is 207 g/mol. The fraction of sp³-hybridized carbons (Fsp3) is 0.900. The van der Waals surface area contributed by atoms with E-state index in [-0.39, 0.29) is 18.7 Å². The van der Waals surface area contributed by atoms with Gasteiger partial charge in [0.1, 0.15) is 0 Å². The molecule has 2 atom stereocenters. The largest absolute Gasteiger partial charge is 0.391 e. The number of amides is 1. The van der Waals surface area contributed by atoms with E-state index in [0.29, 0.717) is 19.4 Å². The maximum absolute atomic E-state index is 12.4. The molecule has 0 radical (unpaired) electrons. The summed E-state index contributed by atoms with van der Waals surface area (Å²) in [6.45, 7) is 2.24. The number of hydrogen-bond donors (Lipinski definition) is 1. The first-order chi connectivity index (χ1) is 6.95. The SMILES string of the molecule is CCNC(=O)C1CCCC(C(F)(F)F)C1. The second-order valence-corrected chi connectivity index (χ2v) is 4.00. The first-order valence-corrected chi connectivity index (χ1v) is 5.29. The topological polar surface area (TPSA) is 29.1 Å². The lowest BCUT2D eigenvalue weighted by atomic mass is 9.80. The van der Waals surface area contributed by atoms with Crippen LogP contribution in [-0.2, 0) is 4.79 Å². The van der Waals surface area contributed by atoms with Crippen molar-refractivity contribution in [3.05, 3.63) is 0 Å². The van der Waals surface area contributed by atoms with Crippen LogP contribution in [-0.4, -0.2) is 18.6 Å². The van der Waals surface area contributed by atoms with Crippen LogP contribution in [0, 0.1) is 11.8 Å². The average Bonchev–Trinajstić information content (AvgIpc) is 2.17. The summed E-state index contributed by atoms with van der Waals surface area (Å²) < 4.78 is 37.3. The van der Waals surface area contributed by atoms with Gasteiger partial charge in [-0.3, -0.25) is 4.79 Å². The molecule has 0 saturated heterocycles. The molecule has 1 N–H and O–H groups in total. The van der Waals surface area contributed by atoms with E-state index in [1.54, 1.807) is 6.92 Å². The molecule has 0 aromatic rings. The molecule has 1 rings (SSSR count). The third-order valence-electron chi connectivity index (χ3n) is 2.86. The van der Waals surface area contributed by atoms with Gasteiger partial charge in [-0.1, -0.05) is 6.42 Å². The minimum Gasteiger partial charge on any atom is -0.356 e. The Morgan fingerprint density at radius 2 is 2.07 bits per heavy atom. The highest BCUT2D eigenvalue weighted by Crippen LogP contribution is 2.39. The van der Waals surface area contributed by atoms with E-state index in [0.717, 1.165) is 0 Å². The maximum atomic E-state index is 12.4. The zero-order chi connectivity index (χ0) is 11.5. The number of halogens is 3. The van der Waals surface area contributed by atoms with Crippen molar-refractivity contribution >= 4 is 5.91 Å². The molecule has 1 saturated carbocycles. The lowest BCUT2D eigenvalue weighted by Gasteiger charge is -2.29. The van der Waals surface area contributed by atoms with Gasteiger partial charge in [0, 0.05) is 12.5 Å². The Kier molecular flexibility index (Phi) is 3.99. The zero-order valence-electron chi connectivity index (χ0n) is 8.73. The van der Waals surface area contributed by atoms with Crippen LogP contribution in [0.1, 0.15) is 32.6 Å². The quantitative estimate of drug-likeness (QED) is 0.765. The molecule has 5 heteroatoms. The summed E-state index contributed by atoms with van der Waals surface area (Å²) in [6.07, 6.45) is -2.95. The van der Waals surface area contributed by atoms with Crippen molar-refractivity contribution in [3.8, 4) is 0 Å². The van der Waals surface area contributed by atoms with Gasteiger partial charge >= 0.3 is 6.18 Å². The Balaban J connectivity index is 2.52. The van der Waals surface area contributed by atoms with Crippen molar-refractivity contribution in [2.45, 2.75) is 38.8 Å². The van der Waals surface area contributed by atoms with Crippen molar-refractivity contribution in [2.75, 3.05) is 6.54 Å². The highest BCUT2D eigenvalue weighted by Gasteiger charge is 2.43. The molecular formula is C10H16F3NO. The lowest BCUT2D eigenvalue weighted by molar-refractivity contribution is -0.186. The van der Waals surface area contributed by atoms with Gasteiger partial charge in [-0.05, 0) is 26.2 Å². The minimum absolute atomic E-state index is 0.0463. The van der Waals surface area contributed by atoms with E-state index in [9.17, 15) is 18.0 Å². The molecule has 0 bridgehead atoms. The molecule has 0 aromatic heterocycles. The minimum atomic E-state index is -4.15. The standard InChI is InChI=1S/C10H16F3NO/c1-2-14-9(15)7-4-3-5-8(6-7)10(11,12)13/h7-8H,2-6H2,1H3,(H,14,15). The van der Waals surface area contributed by atoms with Gasteiger partial charge in [-0.2, -0.15) is 13.2 Å². The van der Waals surface area contributed by atoms with Crippen molar-refractivity contribution in [3.63, 3.8) is 0 Å². The summed E-state index contributed by atoms with van der Waals surface area (Å²) in [5, 5.41) is 2.58. The third-order valence-corrected chi connectivity index (χ3v) is 2.86. The van der Waals surface area contributed by atoms with Crippen molar-refractivity contribution in [1.82, 2.24) is 5.32 Å². The van der Waals surface area contributed by atoms with E-state index in [4.69, 9.17) is 0 Å². The molecule has 88 valence electrons. The van der Waals surface area contributed by atoms with Crippen LogP contribution in [0.2, 0.25) is 0 Å². The number of carbonyl (C=O) groups excluding carboxylic acids is 1. The smallest absolute Gasteiger partial charge is 0.356 e. The van der Waals surface area contributed by atoms with Crippen LogP contribution in [0.3, 0.4) is 0 Å². The van der Waals surface area contributed by atoms with Crippen LogP contribution >= 0.6 is 0 Å². The van der Waals surface area contributed by atoms with Crippen molar-refractivity contribution in [2.24, 2.45) is 11.8 Å². The second-order valence-electron chi connectivity index (χ2n) is 4.00. The van der Waals surface area contributed by atoms with Crippen LogP contribution in [0.25, 0.3) is 0 Å². The van der Waals surface area contributed by atoms with Gasteiger partial charge in [0.15, 0.2) is 0 Å². The third kappa shape index (κ3) is 3.39. The Labute approximate surface area is 87.2 Å². The average molecular weight is 223 g/mol. The van der Waals surface area contributed by atoms with Crippen LogP contribution in [0.5, 0.6) is 0 Å². The maximum Gasteiger partial charge on any atom is 0.391 e. The second kappa shape index (κ2) is 4.86. The summed E-state index contributed by atoms with van der Waals surface area (Å²) >= 11 is 0. The Morgan fingerprint density at radius 1 is 1.40 bits per heavy atom. The zero-order valence-corrected chi connectivity index (χ0v) is 8.73. The summed E-state index contributed by atoms with van der Waals surface area (Å²) in [7, 11) is 0. The molecule has 1 fully saturated rings. The van der Waals surface area contributed by atoms with Gasteiger partial charge in [-0.25, -0.2) is 0 Å². The van der Waals surface area contributed by atoms with Gasteiger partial charge in [0.2, 0.25) is 5.91 Å². The highest BCUT2D eigenvalue weighted by atomic mass is 19.4. The van der Waals surface area contributed by atoms with Crippen LogP contribution in [0.4, 0.5) is 13.2 Å². The summed E-state index contributed by atoms with van der Waals surface area (Å²) in [5.74, 6) is -1.98. The predicted octanol–water partition coefficient (Wildman–Crippen LogP) is 2.49. The van der Waals surface area contributed by atoms with E-state index in [1.165, 1.54) is 0 Å². The van der Waals surface area contributed by atoms with E-state index < -0.39 is 18.0 Å². The predicted molar refractivity (Wildman–Crippen MR) is 50.2 cm³/mol. The van der Waals surface area contributed by atoms with Crippen LogP contribution in [0.15, 0.2) is 0 Å². The monoisotopic (exact) mass is 223 g/mol. The molecule has 0 aromatic carbocycles. The Bertz CT molecular complexity index is 227. The van der Waals surface area contributed by atoms with Gasteiger partial charge in [0.05, 0.1) is 5.92 Å². The number of hydrogen-bond acceptors (Lipinski definition) is 1. The summed E-state index contributed by atoms with van der Waals surface area (Å²) in [6, 6.07) is 0. The highest BCUT2D eigenvalue weighted by molar-refractivity contribution is 5.78. The first kappa shape index (κ1) is 12.3. The van der Waals surface area contributed by atoms with E-state index in [1.807, 2.05) is 0 Å². The molecule has 0 heterocycles. The molecule has 2 unspecified atom stereocenters. The van der Waals surface area contributed by atoms with Crippen molar-refractivity contribution in [1.29, 1.82) is 0 Å². The van der Waals surface area contributed by atoms with Gasteiger partial charge in [0.25, 0.3) is 0 Å². The van der Waals surface area contributed by atoms with Crippen LogP contribution < -0.4 is 5.32 Å². The Hall–Kier alpha value is -0.740. The molecule has 1 aliphatic rings. The van der Waals surface area contributed by atoms with Gasteiger partial charge in [-0.15, -0.1) is 0 Å². The normalized spacial score (nSPS) is 27.5. The van der Waals surface area contributed by atoms with Crippen molar-refractivity contribution < 1.29 is 18.0 Å². The fourth-order valence-electron chi connectivity index (χ4n) is 2.04. The molecule has 0 aliphatic heterocycles. The molecule has 1 amide bonds. The number of rotatable bonds is 2. The Morgan fingerprint density at radius 3 is 2.60 bits per heavy atom. The summed E-state index contributed by atoms with van der Waals surface area (Å²) in [5.41, 5.74) is 0. The van der Waals surface area contributed by atoms with E-state index >= 15 is 0 Å². The first-order valence-electron chi connectivity index (χ1n) is 5.29. The number of carbonyl (C=O) groups is 1.